The second kappa shape index (κ2) is 3.98. The van der Waals surface area contributed by atoms with Gasteiger partial charge in [0.25, 0.3) is 0 Å². The van der Waals surface area contributed by atoms with Gasteiger partial charge in [-0.1, -0.05) is 0 Å². The van der Waals surface area contributed by atoms with Crippen LogP contribution in [0.4, 0.5) is 0 Å². The van der Waals surface area contributed by atoms with Crippen molar-refractivity contribution in [3.63, 3.8) is 0 Å². The average Bonchev–Trinajstić information content (AvgIpc) is 2.62. The number of halogens is 1. The maximum absolute atomic E-state index is 4.47. The molecule has 0 fully saturated rings. The molecule has 0 aliphatic rings. The summed E-state index contributed by atoms with van der Waals surface area (Å²) in [5.74, 6) is 0. The number of nitrogens with zero attached hydrogens (tertiary/aromatic N) is 3. The summed E-state index contributed by atoms with van der Waals surface area (Å²) in [6.07, 6.45) is 3.88. The maximum atomic E-state index is 4.47. The van der Waals surface area contributed by atoms with Gasteiger partial charge >= 0.3 is 0 Å². The molecule has 5 heteroatoms. The molecule has 0 amide bonds. The van der Waals surface area contributed by atoms with Crippen molar-refractivity contribution in [2.24, 2.45) is 0 Å². The van der Waals surface area contributed by atoms with Gasteiger partial charge in [-0.3, -0.25) is 4.68 Å². The van der Waals surface area contributed by atoms with Crippen molar-refractivity contribution >= 4 is 33.9 Å². The third-order valence-corrected chi connectivity index (χ3v) is 3.59. The van der Waals surface area contributed by atoms with E-state index in [2.05, 4.69) is 39.6 Å². The van der Waals surface area contributed by atoms with E-state index in [-0.39, 0.29) is 0 Å². The first kappa shape index (κ1) is 10.1. The van der Waals surface area contributed by atoms with E-state index in [0.717, 1.165) is 20.8 Å². The first-order valence-corrected chi connectivity index (χ1v) is 6.15. The lowest BCUT2D eigenvalue weighted by molar-refractivity contribution is 0.682. The summed E-state index contributed by atoms with van der Waals surface area (Å²) in [6, 6.07) is 0. The average molecular weight is 319 g/mol. The molecule has 0 N–H and O–H groups in total. The van der Waals surface area contributed by atoms with Crippen LogP contribution in [0.3, 0.4) is 0 Å². The number of rotatable bonds is 2. The molecule has 0 aliphatic heterocycles. The van der Waals surface area contributed by atoms with Crippen LogP contribution in [0, 0.1) is 17.4 Å². The second-order valence-electron chi connectivity index (χ2n) is 3.11. The van der Waals surface area contributed by atoms with Crippen molar-refractivity contribution in [3.05, 3.63) is 31.5 Å². The predicted octanol–water partition coefficient (Wildman–Crippen LogP) is 2.61. The molecule has 74 valence electrons. The van der Waals surface area contributed by atoms with Gasteiger partial charge in [0.1, 0.15) is 5.01 Å². The van der Waals surface area contributed by atoms with E-state index in [0.29, 0.717) is 0 Å². The lowest BCUT2D eigenvalue weighted by Crippen LogP contribution is -1.99. The van der Waals surface area contributed by atoms with Crippen molar-refractivity contribution in [1.82, 2.24) is 14.8 Å². The number of thiazole rings is 1. The van der Waals surface area contributed by atoms with Crippen LogP contribution in [0.5, 0.6) is 0 Å². The number of aromatic nitrogens is 3. The van der Waals surface area contributed by atoms with Gasteiger partial charge in [0.15, 0.2) is 0 Å². The van der Waals surface area contributed by atoms with Gasteiger partial charge in [0.2, 0.25) is 0 Å². The predicted molar refractivity (Wildman–Crippen MR) is 65.6 cm³/mol. The monoisotopic (exact) mass is 319 g/mol. The Bertz CT molecular complexity index is 427. The van der Waals surface area contributed by atoms with Crippen LogP contribution in [-0.4, -0.2) is 14.8 Å². The van der Waals surface area contributed by atoms with Crippen LogP contribution in [-0.2, 0) is 6.54 Å². The zero-order chi connectivity index (χ0) is 10.1. The summed E-state index contributed by atoms with van der Waals surface area (Å²) in [5, 5.41) is 5.35. The molecule has 2 heterocycles. The zero-order valence-corrected chi connectivity index (χ0v) is 11.0. The van der Waals surface area contributed by atoms with Crippen molar-refractivity contribution in [2.75, 3.05) is 0 Å². The molecule has 0 radical (unpaired) electrons. The quantitative estimate of drug-likeness (QED) is 0.797. The highest BCUT2D eigenvalue weighted by atomic mass is 127. The third kappa shape index (κ3) is 2.14. The SMILES string of the molecule is Cc1nc(Cn2cc(I)cn2)sc1C. The molecule has 3 nitrogen and oxygen atoms in total. The second-order valence-corrected chi connectivity index (χ2v) is 5.64. The lowest BCUT2D eigenvalue weighted by Gasteiger charge is -1.95. The smallest absolute Gasteiger partial charge is 0.115 e. The zero-order valence-electron chi connectivity index (χ0n) is 7.99. The molecule has 0 saturated carbocycles. The lowest BCUT2D eigenvalue weighted by atomic mass is 10.4. The summed E-state index contributed by atoms with van der Waals surface area (Å²) >= 11 is 4.00. The fourth-order valence-electron chi connectivity index (χ4n) is 1.17. The first-order valence-electron chi connectivity index (χ1n) is 4.26. The number of hydrogen-bond acceptors (Lipinski definition) is 3. The highest BCUT2D eigenvalue weighted by Crippen LogP contribution is 2.17. The highest BCUT2D eigenvalue weighted by Gasteiger charge is 2.04. The van der Waals surface area contributed by atoms with Gasteiger partial charge in [0, 0.05) is 11.1 Å². The van der Waals surface area contributed by atoms with Crippen LogP contribution in [0.25, 0.3) is 0 Å². The molecule has 0 unspecified atom stereocenters. The minimum Gasteiger partial charge on any atom is -0.265 e. The highest BCUT2D eigenvalue weighted by molar-refractivity contribution is 14.1. The Hall–Kier alpha value is -0.430. The number of hydrogen-bond donors (Lipinski definition) is 0. The van der Waals surface area contributed by atoms with Crippen molar-refractivity contribution in [1.29, 1.82) is 0 Å². The fraction of sp³-hybridized carbons (Fsp3) is 0.333. The molecular formula is C9H10IN3S. The molecule has 2 aromatic heterocycles. The molecule has 0 spiro atoms. The van der Waals surface area contributed by atoms with Crippen LogP contribution in [0.15, 0.2) is 12.4 Å². The van der Waals surface area contributed by atoms with E-state index in [1.807, 2.05) is 24.0 Å². The van der Waals surface area contributed by atoms with Crippen molar-refractivity contribution in [2.45, 2.75) is 20.4 Å². The van der Waals surface area contributed by atoms with Gasteiger partial charge in [-0.05, 0) is 36.4 Å². The van der Waals surface area contributed by atoms with E-state index in [1.54, 1.807) is 11.3 Å². The largest absolute Gasteiger partial charge is 0.265 e. The Morgan fingerprint density at radius 2 is 2.29 bits per heavy atom. The standard InChI is InChI=1S/C9H10IN3S/c1-6-7(2)14-9(12-6)5-13-4-8(10)3-11-13/h3-4H,5H2,1-2H3. The molecule has 0 atom stereocenters. The summed E-state index contributed by atoms with van der Waals surface area (Å²) in [4.78, 5) is 5.76. The minimum absolute atomic E-state index is 0.780. The van der Waals surface area contributed by atoms with Gasteiger partial charge in [-0.15, -0.1) is 11.3 Å². The summed E-state index contributed by atoms with van der Waals surface area (Å²) < 4.78 is 3.08. The van der Waals surface area contributed by atoms with E-state index in [4.69, 9.17) is 0 Å². The van der Waals surface area contributed by atoms with E-state index < -0.39 is 0 Å². The van der Waals surface area contributed by atoms with Gasteiger partial charge < -0.3 is 0 Å². The van der Waals surface area contributed by atoms with Crippen LogP contribution >= 0.6 is 33.9 Å². The molecule has 0 saturated heterocycles. The van der Waals surface area contributed by atoms with Crippen LogP contribution in [0.2, 0.25) is 0 Å². The Morgan fingerprint density at radius 3 is 2.79 bits per heavy atom. The molecular weight excluding hydrogens is 309 g/mol. The van der Waals surface area contributed by atoms with Gasteiger partial charge in [-0.2, -0.15) is 5.10 Å². The summed E-state index contributed by atoms with van der Waals surface area (Å²) in [5.41, 5.74) is 1.13. The van der Waals surface area contributed by atoms with Crippen LogP contribution < -0.4 is 0 Å². The summed E-state index contributed by atoms with van der Waals surface area (Å²) in [7, 11) is 0. The van der Waals surface area contributed by atoms with Gasteiger partial charge in [0.05, 0.1) is 22.0 Å². The Labute approximate surface area is 100 Å². The van der Waals surface area contributed by atoms with E-state index in [9.17, 15) is 0 Å². The fourth-order valence-corrected chi connectivity index (χ4v) is 2.54. The van der Waals surface area contributed by atoms with E-state index in [1.165, 1.54) is 4.88 Å². The topological polar surface area (TPSA) is 30.7 Å². The Balaban J connectivity index is 2.18. The molecule has 0 aromatic carbocycles. The Morgan fingerprint density at radius 1 is 1.50 bits per heavy atom. The van der Waals surface area contributed by atoms with E-state index >= 15 is 0 Å². The maximum Gasteiger partial charge on any atom is 0.115 e. The number of aryl methyl sites for hydroxylation is 2. The van der Waals surface area contributed by atoms with Gasteiger partial charge in [-0.25, -0.2) is 4.98 Å². The minimum atomic E-state index is 0.780. The summed E-state index contributed by atoms with van der Waals surface area (Å²) in [6.45, 7) is 4.92. The van der Waals surface area contributed by atoms with Crippen molar-refractivity contribution in [3.8, 4) is 0 Å². The molecule has 14 heavy (non-hydrogen) atoms. The Kier molecular flexibility index (Phi) is 2.87. The van der Waals surface area contributed by atoms with Crippen molar-refractivity contribution < 1.29 is 0 Å². The molecule has 0 aliphatic carbocycles. The third-order valence-electron chi connectivity index (χ3n) is 1.97. The molecule has 2 aromatic rings. The first-order chi connectivity index (χ1) is 6.65. The molecule has 0 bridgehead atoms. The normalized spacial score (nSPS) is 10.8. The molecule has 2 rings (SSSR count). The van der Waals surface area contributed by atoms with Crippen LogP contribution in [0.1, 0.15) is 15.6 Å².